The van der Waals surface area contributed by atoms with Crippen molar-refractivity contribution in [1.29, 1.82) is 0 Å². The van der Waals surface area contributed by atoms with Gasteiger partial charge in [-0.2, -0.15) is 5.10 Å². The topological polar surface area (TPSA) is 29.9 Å². The molecule has 3 heteroatoms. The Balaban J connectivity index is 2.63. The third-order valence-corrected chi connectivity index (χ3v) is 2.37. The van der Waals surface area contributed by atoms with Crippen molar-refractivity contribution in [2.45, 2.75) is 46.2 Å². The molecular weight excluding hydrogens is 174 g/mol. The van der Waals surface area contributed by atoms with E-state index in [1.807, 2.05) is 10.9 Å². The first-order chi connectivity index (χ1) is 6.81. The molecule has 14 heavy (non-hydrogen) atoms. The molecule has 1 rings (SSSR count). The predicted molar refractivity (Wildman–Crippen MR) is 59.2 cm³/mol. The van der Waals surface area contributed by atoms with Crippen LogP contribution < -0.4 is 5.32 Å². The fraction of sp³-hybridized carbons (Fsp3) is 0.727. The second kappa shape index (κ2) is 5.81. The zero-order valence-corrected chi connectivity index (χ0v) is 9.45. The van der Waals surface area contributed by atoms with Crippen molar-refractivity contribution in [3.05, 3.63) is 18.0 Å². The molecule has 3 nitrogen and oxygen atoms in total. The van der Waals surface area contributed by atoms with Gasteiger partial charge in [0.05, 0.1) is 6.20 Å². The smallest absolute Gasteiger partial charge is 0.0537 e. The number of aryl methyl sites for hydroxylation is 1. The summed E-state index contributed by atoms with van der Waals surface area (Å²) in [6.45, 7) is 8.53. The molecule has 0 aliphatic heterocycles. The van der Waals surface area contributed by atoms with Gasteiger partial charge in [0.15, 0.2) is 0 Å². The molecule has 0 radical (unpaired) electrons. The molecule has 80 valence electrons. The van der Waals surface area contributed by atoms with Crippen LogP contribution in [0.2, 0.25) is 0 Å². The molecule has 0 aliphatic carbocycles. The Labute approximate surface area is 86.5 Å². The van der Waals surface area contributed by atoms with E-state index in [0.29, 0.717) is 6.04 Å². The van der Waals surface area contributed by atoms with Crippen molar-refractivity contribution in [1.82, 2.24) is 15.1 Å². The molecule has 0 fully saturated rings. The van der Waals surface area contributed by atoms with Crippen molar-refractivity contribution < 1.29 is 0 Å². The maximum Gasteiger partial charge on any atom is 0.0537 e. The minimum Gasteiger partial charge on any atom is -0.310 e. The van der Waals surface area contributed by atoms with Gasteiger partial charge < -0.3 is 5.32 Å². The van der Waals surface area contributed by atoms with E-state index in [0.717, 1.165) is 25.9 Å². The molecule has 0 saturated carbocycles. The Kier molecular flexibility index (Phi) is 4.66. The monoisotopic (exact) mass is 195 g/mol. The molecule has 1 heterocycles. The first-order valence-corrected chi connectivity index (χ1v) is 5.57. The lowest BCUT2D eigenvalue weighted by Gasteiger charge is -2.13. The minimum absolute atomic E-state index is 0.464. The first-order valence-electron chi connectivity index (χ1n) is 5.57. The molecule has 0 bridgehead atoms. The van der Waals surface area contributed by atoms with Crippen LogP contribution in [-0.4, -0.2) is 16.3 Å². The average molecular weight is 195 g/mol. The van der Waals surface area contributed by atoms with Crippen LogP contribution in [-0.2, 0) is 6.54 Å². The quantitative estimate of drug-likeness (QED) is 0.755. The molecule has 1 aromatic heterocycles. The molecule has 0 spiro atoms. The Bertz CT molecular complexity index is 255. The fourth-order valence-corrected chi connectivity index (χ4v) is 1.66. The highest BCUT2D eigenvalue weighted by atomic mass is 15.3. The number of nitrogens with zero attached hydrogens (tertiary/aromatic N) is 2. The van der Waals surface area contributed by atoms with Crippen LogP contribution in [0.25, 0.3) is 0 Å². The van der Waals surface area contributed by atoms with E-state index in [-0.39, 0.29) is 0 Å². The van der Waals surface area contributed by atoms with Crippen molar-refractivity contribution >= 4 is 0 Å². The highest BCUT2D eigenvalue weighted by Crippen LogP contribution is 2.15. The van der Waals surface area contributed by atoms with Crippen LogP contribution in [0.4, 0.5) is 0 Å². The molecule has 1 N–H and O–H groups in total. The van der Waals surface area contributed by atoms with E-state index in [9.17, 15) is 0 Å². The lowest BCUT2D eigenvalue weighted by Crippen LogP contribution is -2.19. The number of aromatic nitrogens is 2. The molecule has 1 unspecified atom stereocenters. The van der Waals surface area contributed by atoms with Crippen LogP contribution in [0.5, 0.6) is 0 Å². The molecule has 1 atom stereocenters. The van der Waals surface area contributed by atoms with E-state index in [1.54, 1.807) is 0 Å². The minimum atomic E-state index is 0.464. The summed E-state index contributed by atoms with van der Waals surface area (Å²) in [4.78, 5) is 0. The van der Waals surface area contributed by atoms with Crippen LogP contribution in [0.1, 0.15) is 45.2 Å². The van der Waals surface area contributed by atoms with Gasteiger partial charge in [0.1, 0.15) is 0 Å². The van der Waals surface area contributed by atoms with Crippen LogP contribution in [0.15, 0.2) is 12.4 Å². The van der Waals surface area contributed by atoms with Gasteiger partial charge in [-0.05, 0) is 19.4 Å². The van der Waals surface area contributed by atoms with Crippen molar-refractivity contribution in [3.8, 4) is 0 Å². The third-order valence-electron chi connectivity index (χ3n) is 2.37. The Morgan fingerprint density at radius 2 is 2.21 bits per heavy atom. The summed E-state index contributed by atoms with van der Waals surface area (Å²) in [6, 6.07) is 0.464. The summed E-state index contributed by atoms with van der Waals surface area (Å²) in [6.07, 6.45) is 6.39. The lowest BCUT2D eigenvalue weighted by molar-refractivity contribution is 0.535. The number of hydrogen-bond donors (Lipinski definition) is 1. The van der Waals surface area contributed by atoms with Gasteiger partial charge in [0.25, 0.3) is 0 Å². The second-order valence-corrected chi connectivity index (χ2v) is 3.56. The van der Waals surface area contributed by atoms with E-state index < -0.39 is 0 Å². The Hall–Kier alpha value is -0.830. The highest BCUT2D eigenvalue weighted by molar-refractivity contribution is 5.09. The third kappa shape index (κ3) is 2.84. The molecular formula is C11H21N3. The second-order valence-electron chi connectivity index (χ2n) is 3.56. The average Bonchev–Trinajstić information content (AvgIpc) is 2.63. The summed E-state index contributed by atoms with van der Waals surface area (Å²) in [7, 11) is 0. The first kappa shape index (κ1) is 11.2. The summed E-state index contributed by atoms with van der Waals surface area (Å²) >= 11 is 0. The maximum absolute atomic E-state index is 4.33. The standard InChI is InChI=1S/C11H21N3/c1-4-7-14-9-10(8-13-14)11(5-2)12-6-3/h8-9,11-12H,4-7H2,1-3H3. The van der Waals surface area contributed by atoms with Crippen LogP contribution in [0.3, 0.4) is 0 Å². The van der Waals surface area contributed by atoms with Crippen molar-refractivity contribution in [2.24, 2.45) is 0 Å². The normalized spacial score (nSPS) is 13.1. The predicted octanol–water partition coefficient (Wildman–Crippen LogP) is 2.35. The van der Waals surface area contributed by atoms with Crippen LogP contribution in [0, 0.1) is 0 Å². The SMILES string of the molecule is CCCn1cc(C(CC)NCC)cn1. The fourth-order valence-electron chi connectivity index (χ4n) is 1.66. The van der Waals surface area contributed by atoms with Gasteiger partial charge >= 0.3 is 0 Å². The summed E-state index contributed by atoms with van der Waals surface area (Å²) in [5, 5.41) is 7.78. The van der Waals surface area contributed by atoms with Gasteiger partial charge in [-0.15, -0.1) is 0 Å². The maximum atomic E-state index is 4.33. The summed E-state index contributed by atoms with van der Waals surface area (Å²) in [5.41, 5.74) is 1.31. The Morgan fingerprint density at radius 3 is 2.79 bits per heavy atom. The molecule has 0 aromatic carbocycles. The summed E-state index contributed by atoms with van der Waals surface area (Å²) < 4.78 is 2.02. The van der Waals surface area contributed by atoms with Crippen molar-refractivity contribution in [2.75, 3.05) is 6.54 Å². The van der Waals surface area contributed by atoms with E-state index in [2.05, 4.69) is 37.4 Å². The zero-order chi connectivity index (χ0) is 10.4. The van der Waals surface area contributed by atoms with Gasteiger partial charge in [-0.1, -0.05) is 20.8 Å². The van der Waals surface area contributed by atoms with Crippen LogP contribution >= 0.6 is 0 Å². The van der Waals surface area contributed by atoms with E-state index in [1.165, 1.54) is 5.56 Å². The summed E-state index contributed by atoms with van der Waals surface area (Å²) in [5.74, 6) is 0. The number of nitrogens with one attached hydrogen (secondary N) is 1. The van der Waals surface area contributed by atoms with Gasteiger partial charge in [-0.3, -0.25) is 4.68 Å². The zero-order valence-electron chi connectivity index (χ0n) is 9.45. The largest absolute Gasteiger partial charge is 0.310 e. The molecule has 0 saturated heterocycles. The molecule has 0 amide bonds. The van der Waals surface area contributed by atoms with Crippen molar-refractivity contribution in [3.63, 3.8) is 0 Å². The van der Waals surface area contributed by atoms with E-state index in [4.69, 9.17) is 0 Å². The Morgan fingerprint density at radius 1 is 1.43 bits per heavy atom. The van der Waals surface area contributed by atoms with Gasteiger partial charge in [-0.25, -0.2) is 0 Å². The number of hydrogen-bond acceptors (Lipinski definition) is 2. The lowest BCUT2D eigenvalue weighted by atomic mass is 10.1. The highest BCUT2D eigenvalue weighted by Gasteiger charge is 2.09. The molecule has 0 aliphatic rings. The van der Waals surface area contributed by atoms with E-state index >= 15 is 0 Å². The van der Waals surface area contributed by atoms with Gasteiger partial charge in [0.2, 0.25) is 0 Å². The van der Waals surface area contributed by atoms with Gasteiger partial charge in [0, 0.05) is 24.3 Å². The molecule has 1 aromatic rings. The number of rotatable bonds is 6.